The molecule has 1 rings (SSSR count). The van der Waals surface area contributed by atoms with Gasteiger partial charge < -0.3 is 9.47 Å². The van der Waals surface area contributed by atoms with E-state index in [2.05, 4.69) is 65.2 Å². The molecule has 0 bridgehead atoms. The monoisotopic (exact) mass is 314 g/mol. The number of nitrogens with zero attached hydrogens (tertiary/aromatic N) is 2. The first-order valence-corrected chi connectivity index (χ1v) is 8.74. The van der Waals surface area contributed by atoms with Gasteiger partial charge in [-0.3, -0.25) is 9.80 Å². The number of hydrogen-bond donors (Lipinski definition) is 0. The van der Waals surface area contributed by atoms with E-state index in [-0.39, 0.29) is 11.2 Å². The third-order valence-electron chi connectivity index (χ3n) is 4.00. The Morgan fingerprint density at radius 2 is 1.18 bits per heavy atom. The lowest BCUT2D eigenvalue weighted by Gasteiger charge is -2.44. The molecule has 0 spiro atoms. The highest BCUT2D eigenvalue weighted by Crippen LogP contribution is 2.16. The van der Waals surface area contributed by atoms with E-state index in [1.165, 1.54) is 0 Å². The fourth-order valence-electron chi connectivity index (χ4n) is 3.03. The second kappa shape index (κ2) is 8.09. The molecule has 0 aromatic rings. The SMILES string of the molecule is CC1CN(CCOC(C)(C)C)CC(C)N1CCOC(C)(C)C. The zero-order valence-electron chi connectivity index (χ0n) is 16.1. The van der Waals surface area contributed by atoms with Gasteiger partial charge in [-0.05, 0) is 55.4 Å². The number of rotatable bonds is 6. The van der Waals surface area contributed by atoms with Crippen LogP contribution in [0.3, 0.4) is 0 Å². The topological polar surface area (TPSA) is 24.9 Å². The van der Waals surface area contributed by atoms with Gasteiger partial charge in [-0.2, -0.15) is 0 Å². The molecule has 1 heterocycles. The summed E-state index contributed by atoms with van der Waals surface area (Å²) >= 11 is 0. The van der Waals surface area contributed by atoms with Crippen LogP contribution in [0.4, 0.5) is 0 Å². The molecular weight excluding hydrogens is 276 g/mol. The Morgan fingerprint density at radius 3 is 1.59 bits per heavy atom. The summed E-state index contributed by atoms with van der Waals surface area (Å²) in [6.07, 6.45) is 0. The summed E-state index contributed by atoms with van der Waals surface area (Å²) in [6.45, 7) is 23.3. The predicted molar refractivity (Wildman–Crippen MR) is 93.5 cm³/mol. The van der Waals surface area contributed by atoms with Crippen molar-refractivity contribution in [2.45, 2.75) is 78.7 Å². The number of hydrogen-bond acceptors (Lipinski definition) is 4. The summed E-state index contributed by atoms with van der Waals surface area (Å²) < 4.78 is 11.7. The fourth-order valence-corrected chi connectivity index (χ4v) is 3.03. The van der Waals surface area contributed by atoms with E-state index in [1.54, 1.807) is 0 Å². The Labute approximate surface area is 138 Å². The van der Waals surface area contributed by atoms with Crippen LogP contribution >= 0.6 is 0 Å². The van der Waals surface area contributed by atoms with Crippen molar-refractivity contribution in [3.05, 3.63) is 0 Å². The number of piperazine rings is 1. The Kier molecular flexibility index (Phi) is 7.31. The molecule has 0 aromatic heterocycles. The van der Waals surface area contributed by atoms with Crippen LogP contribution in [0.1, 0.15) is 55.4 Å². The third-order valence-corrected chi connectivity index (χ3v) is 4.00. The van der Waals surface area contributed by atoms with Gasteiger partial charge in [0, 0.05) is 38.3 Å². The van der Waals surface area contributed by atoms with Crippen molar-refractivity contribution < 1.29 is 9.47 Å². The molecular formula is C18H38N2O2. The van der Waals surface area contributed by atoms with Gasteiger partial charge in [0.25, 0.3) is 0 Å². The molecule has 0 radical (unpaired) electrons. The molecule has 0 aromatic carbocycles. The minimum Gasteiger partial charge on any atom is -0.375 e. The molecule has 132 valence electrons. The molecule has 1 saturated heterocycles. The van der Waals surface area contributed by atoms with Crippen molar-refractivity contribution in [3.8, 4) is 0 Å². The highest BCUT2D eigenvalue weighted by Gasteiger charge is 2.29. The van der Waals surface area contributed by atoms with E-state index in [4.69, 9.17) is 9.47 Å². The summed E-state index contributed by atoms with van der Waals surface area (Å²) in [7, 11) is 0. The Hall–Kier alpha value is -0.160. The van der Waals surface area contributed by atoms with Gasteiger partial charge in [0.1, 0.15) is 0 Å². The van der Waals surface area contributed by atoms with Crippen molar-refractivity contribution >= 4 is 0 Å². The fraction of sp³-hybridized carbons (Fsp3) is 1.00. The van der Waals surface area contributed by atoms with E-state index in [1.807, 2.05) is 0 Å². The van der Waals surface area contributed by atoms with Gasteiger partial charge in [0.2, 0.25) is 0 Å². The van der Waals surface area contributed by atoms with Crippen LogP contribution in [0, 0.1) is 0 Å². The lowest BCUT2D eigenvalue weighted by Crippen LogP contribution is -2.58. The lowest BCUT2D eigenvalue weighted by molar-refractivity contribution is -0.0481. The molecule has 2 unspecified atom stereocenters. The predicted octanol–water partition coefficient (Wildman–Crippen LogP) is 3.01. The molecule has 0 N–H and O–H groups in total. The maximum atomic E-state index is 5.88. The first kappa shape index (κ1) is 19.9. The Morgan fingerprint density at radius 1 is 0.773 bits per heavy atom. The van der Waals surface area contributed by atoms with Crippen LogP contribution in [0.25, 0.3) is 0 Å². The molecule has 2 atom stereocenters. The van der Waals surface area contributed by atoms with Gasteiger partial charge >= 0.3 is 0 Å². The Bertz CT molecular complexity index is 308. The van der Waals surface area contributed by atoms with Gasteiger partial charge in [-0.25, -0.2) is 0 Å². The maximum Gasteiger partial charge on any atom is 0.0600 e. The molecule has 1 aliphatic rings. The lowest BCUT2D eigenvalue weighted by atomic mass is 10.1. The van der Waals surface area contributed by atoms with Gasteiger partial charge in [-0.15, -0.1) is 0 Å². The van der Waals surface area contributed by atoms with Crippen molar-refractivity contribution in [2.24, 2.45) is 0 Å². The van der Waals surface area contributed by atoms with Crippen LogP contribution in [0.15, 0.2) is 0 Å². The van der Waals surface area contributed by atoms with Crippen LogP contribution in [0.5, 0.6) is 0 Å². The van der Waals surface area contributed by atoms with Gasteiger partial charge in [0.05, 0.1) is 24.4 Å². The average Bonchev–Trinajstić information content (AvgIpc) is 2.29. The quantitative estimate of drug-likeness (QED) is 0.752. The first-order valence-electron chi connectivity index (χ1n) is 8.74. The smallest absolute Gasteiger partial charge is 0.0600 e. The van der Waals surface area contributed by atoms with Crippen LogP contribution in [0.2, 0.25) is 0 Å². The van der Waals surface area contributed by atoms with E-state index in [9.17, 15) is 0 Å². The van der Waals surface area contributed by atoms with Crippen molar-refractivity contribution in [3.63, 3.8) is 0 Å². The molecule has 4 heteroatoms. The summed E-state index contributed by atoms with van der Waals surface area (Å²) in [5, 5.41) is 0. The molecule has 0 aliphatic carbocycles. The average molecular weight is 315 g/mol. The molecule has 4 nitrogen and oxygen atoms in total. The second-order valence-electron chi connectivity index (χ2n) is 8.62. The second-order valence-corrected chi connectivity index (χ2v) is 8.62. The minimum absolute atomic E-state index is 0.0383. The van der Waals surface area contributed by atoms with Crippen molar-refractivity contribution in [1.29, 1.82) is 0 Å². The first-order chi connectivity index (χ1) is 9.98. The minimum atomic E-state index is -0.0431. The Balaban J connectivity index is 2.34. The van der Waals surface area contributed by atoms with Gasteiger partial charge in [-0.1, -0.05) is 0 Å². The van der Waals surface area contributed by atoms with E-state index >= 15 is 0 Å². The number of ether oxygens (including phenoxy) is 2. The van der Waals surface area contributed by atoms with Gasteiger partial charge in [0.15, 0.2) is 0 Å². The van der Waals surface area contributed by atoms with E-state index in [0.29, 0.717) is 12.1 Å². The third kappa shape index (κ3) is 7.91. The molecule has 0 amide bonds. The maximum absolute atomic E-state index is 5.88. The van der Waals surface area contributed by atoms with Crippen molar-refractivity contribution in [2.75, 3.05) is 39.4 Å². The summed E-state index contributed by atoms with van der Waals surface area (Å²) in [5.41, 5.74) is -0.0814. The standard InChI is InChI=1S/C18H38N2O2/c1-15-13-19(9-11-21-17(3,4)5)14-16(2)20(15)10-12-22-18(6,7)8/h15-16H,9-14H2,1-8H3. The zero-order valence-corrected chi connectivity index (χ0v) is 16.1. The largest absolute Gasteiger partial charge is 0.375 e. The summed E-state index contributed by atoms with van der Waals surface area (Å²) in [5.74, 6) is 0. The molecule has 1 fully saturated rings. The highest BCUT2D eigenvalue weighted by atomic mass is 16.5. The molecule has 0 saturated carbocycles. The van der Waals surface area contributed by atoms with Crippen LogP contribution in [-0.2, 0) is 9.47 Å². The van der Waals surface area contributed by atoms with Crippen LogP contribution < -0.4 is 0 Å². The van der Waals surface area contributed by atoms with Crippen molar-refractivity contribution in [1.82, 2.24) is 9.80 Å². The van der Waals surface area contributed by atoms with E-state index < -0.39 is 0 Å². The zero-order chi connectivity index (χ0) is 17.0. The van der Waals surface area contributed by atoms with Crippen LogP contribution in [-0.4, -0.2) is 72.5 Å². The molecule has 1 aliphatic heterocycles. The normalized spacial score (nSPS) is 25.6. The molecule has 22 heavy (non-hydrogen) atoms. The van der Waals surface area contributed by atoms with E-state index in [0.717, 1.165) is 39.4 Å². The summed E-state index contributed by atoms with van der Waals surface area (Å²) in [6, 6.07) is 1.14. The highest BCUT2D eigenvalue weighted by molar-refractivity contribution is 4.85. The summed E-state index contributed by atoms with van der Waals surface area (Å²) in [4.78, 5) is 5.11.